The summed E-state index contributed by atoms with van der Waals surface area (Å²) in [4.78, 5) is 12.1. The van der Waals surface area contributed by atoms with E-state index in [2.05, 4.69) is 0 Å². The van der Waals surface area contributed by atoms with Gasteiger partial charge in [-0.1, -0.05) is 47.5 Å². The van der Waals surface area contributed by atoms with Gasteiger partial charge in [0.25, 0.3) is 5.91 Å². The topological polar surface area (TPSA) is 75.3 Å². The normalized spacial score (nSPS) is 11.2. The summed E-state index contributed by atoms with van der Waals surface area (Å²) in [6, 6.07) is 12.6. The molecule has 0 aliphatic rings. The van der Waals surface area contributed by atoms with Crippen LogP contribution in [0.15, 0.2) is 48.5 Å². The van der Waals surface area contributed by atoms with Crippen LogP contribution in [0, 0.1) is 0 Å². The molecule has 0 heterocycles. The van der Waals surface area contributed by atoms with Crippen LogP contribution < -0.4 is 11.3 Å². The number of nitrogens with two attached hydrogens (primary N) is 1. The predicted molar refractivity (Wildman–Crippen MR) is 78.2 cm³/mol. The van der Waals surface area contributed by atoms with Crippen LogP contribution in [0.25, 0.3) is 0 Å². The summed E-state index contributed by atoms with van der Waals surface area (Å²) in [5, 5.41) is 11.8. The number of rotatable bonds is 3. The van der Waals surface area contributed by atoms with Crippen LogP contribution in [0.4, 0.5) is 0 Å². The summed E-state index contributed by atoms with van der Waals surface area (Å²) in [5.41, 5.74) is 0.772. The van der Waals surface area contributed by atoms with Gasteiger partial charge in [-0.3, -0.25) is 10.2 Å². The van der Waals surface area contributed by atoms with E-state index < -0.39 is 11.5 Å². The summed E-state index contributed by atoms with van der Waals surface area (Å²) in [5.74, 6) is 4.43. The third kappa shape index (κ3) is 2.64. The molecule has 2 rings (SSSR count). The lowest BCUT2D eigenvalue weighted by Crippen LogP contribution is -2.48. The number of amides is 1. The largest absolute Gasteiger partial charge is 0.372 e. The third-order valence-electron chi connectivity index (χ3n) is 2.98. The SMILES string of the molecule is NNC(=O)C(O)(c1ccc(Cl)cc1)c1ccc(Cl)cc1. The molecule has 0 bridgehead atoms. The molecule has 0 saturated carbocycles. The summed E-state index contributed by atoms with van der Waals surface area (Å²) < 4.78 is 0. The van der Waals surface area contributed by atoms with Crippen molar-refractivity contribution in [2.24, 2.45) is 5.84 Å². The molecule has 6 heteroatoms. The second-order valence-corrected chi connectivity index (χ2v) is 5.07. The Kier molecular flexibility index (Phi) is 4.30. The van der Waals surface area contributed by atoms with Gasteiger partial charge in [-0.05, 0) is 35.4 Å². The molecule has 0 aliphatic heterocycles. The molecule has 1 amide bonds. The van der Waals surface area contributed by atoms with E-state index in [0.717, 1.165) is 0 Å². The Morgan fingerprint density at radius 2 is 1.30 bits per heavy atom. The summed E-state index contributed by atoms with van der Waals surface area (Å²) in [6.07, 6.45) is 0. The van der Waals surface area contributed by atoms with Gasteiger partial charge in [0.2, 0.25) is 0 Å². The molecule has 0 aliphatic carbocycles. The first-order valence-corrected chi connectivity index (χ1v) is 6.49. The van der Waals surface area contributed by atoms with Crippen molar-refractivity contribution < 1.29 is 9.90 Å². The zero-order valence-electron chi connectivity index (χ0n) is 10.3. The van der Waals surface area contributed by atoms with Crippen molar-refractivity contribution in [3.8, 4) is 0 Å². The van der Waals surface area contributed by atoms with Crippen LogP contribution in [0.1, 0.15) is 11.1 Å². The number of hydrogen-bond donors (Lipinski definition) is 3. The summed E-state index contributed by atoms with van der Waals surface area (Å²) in [6.45, 7) is 0. The van der Waals surface area contributed by atoms with E-state index in [1.165, 1.54) is 0 Å². The van der Waals surface area contributed by atoms with Gasteiger partial charge in [0.15, 0.2) is 5.60 Å². The summed E-state index contributed by atoms with van der Waals surface area (Å²) >= 11 is 11.6. The minimum atomic E-state index is -1.91. The van der Waals surface area contributed by atoms with Crippen LogP contribution in [0.2, 0.25) is 10.0 Å². The molecule has 0 aromatic heterocycles. The minimum Gasteiger partial charge on any atom is -0.372 e. The zero-order valence-corrected chi connectivity index (χ0v) is 11.8. The number of carbonyl (C=O) groups excluding carboxylic acids is 1. The van der Waals surface area contributed by atoms with Gasteiger partial charge < -0.3 is 5.11 Å². The molecule has 0 fully saturated rings. The maximum absolute atomic E-state index is 12.1. The Morgan fingerprint density at radius 1 is 0.950 bits per heavy atom. The van der Waals surface area contributed by atoms with E-state index in [9.17, 15) is 9.90 Å². The second kappa shape index (κ2) is 5.81. The van der Waals surface area contributed by atoms with E-state index in [1.807, 2.05) is 5.43 Å². The van der Waals surface area contributed by atoms with Gasteiger partial charge in [-0.25, -0.2) is 5.84 Å². The number of carbonyl (C=O) groups is 1. The van der Waals surface area contributed by atoms with Crippen molar-refractivity contribution in [1.29, 1.82) is 0 Å². The average molecular weight is 311 g/mol. The number of halogens is 2. The number of aliphatic hydroxyl groups is 1. The highest BCUT2D eigenvalue weighted by atomic mass is 35.5. The highest BCUT2D eigenvalue weighted by Crippen LogP contribution is 2.31. The molecule has 0 atom stereocenters. The molecule has 2 aromatic carbocycles. The van der Waals surface area contributed by atoms with Crippen molar-refractivity contribution in [3.63, 3.8) is 0 Å². The lowest BCUT2D eigenvalue weighted by atomic mass is 9.85. The first kappa shape index (κ1) is 14.8. The Bertz CT molecular complexity index is 567. The maximum atomic E-state index is 12.1. The highest BCUT2D eigenvalue weighted by molar-refractivity contribution is 6.30. The van der Waals surface area contributed by atoms with Crippen LogP contribution in [0.3, 0.4) is 0 Å². The van der Waals surface area contributed by atoms with Crippen molar-refractivity contribution in [3.05, 3.63) is 69.7 Å². The monoisotopic (exact) mass is 310 g/mol. The Hall–Kier alpha value is -1.59. The number of hydrazine groups is 1. The van der Waals surface area contributed by atoms with Crippen molar-refractivity contribution in [2.45, 2.75) is 5.60 Å². The molecule has 0 spiro atoms. The molecular weight excluding hydrogens is 299 g/mol. The lowest BCUT2D eigenvalue weighted by molar-refractivity contribution is -0.136. The molecule has 2 aromatic rings. The van der Waals surface area contributed by atoms with Gasteiger partial charge in [0, 0.05) is 10.0 Å². The van der Waals surface area contributed by atoms with E-state index >= 15 is 0 Å². The Labute approximate surface area is 126 Å². The van der Waals surface area contributed by atoms with Crippen LogP contribution in [-0.2, 0) is 10.4 Å². The van der Waals surface area contributed by atoms with Crippen LogP contribution >= 0.6 is 23.2 Å². The predicted octanol–water partition coefficient (Wildman–Crippen LogP) is 2.22. The smallest absolute Gasteiger partial charge is 0.275 e. The quantitative estimate of drug-likeness (QED) is 0.462. The molecule has 4 N–H and O–H groups in total. The number of benzene rings is 2. The van der Waals surface area contributed by atoms with Crippen molar-refractivity contribution >= 4 is 29.1 Å². The summed E-state index contributed by atoms with van der Waals surface area (Å²) in [7, 11) is 0. The molecular formula is C14H12Cl2N2O2. The Balaban J connectivity index is 2.58. The second-order valence-electron chi connectivity index (χ2n) is 4.20. The van der Waals surface area contributed by atoms with Gasteiger partial charge in [-0.15, -0.1) is 0 Å². The third-order valence-corrected chi connectivity index (χ3v) is 3.49. The van der Waals surface area contributed by atoms with Crippen LogP contribution in [-0.4, -0.2) is 11.0 Å². The fourth-order valence-corrected chi connectivity index (χ4v) is 2.17. The first-order chi connectivity index (χ1) is 9.48. The first-order valence-electron chi connectivity index (χ1n) is 5.74. The number of hydrogen-bond acceptors (Lipinski definition) is 3. The highest BCUT2D eigenvalue weighted by Gasteiger charge is 2.39. The minimum absolute atomic E-state index is 0.354. The van der Waals surface area contributed by atoms with E-state index in [4.69, 9.17) is 29.0 Å². The molecule has 20 heavy (non-hydrogen) atoms. The van der Waals surface area contributed by atoms with Crippen LogP contribution in [0.5, 0.6) is 0 Å². The molecule has 104 valence electrons. The van der Waals surface area contributed by atoms with Gasteiger partial charge in [-0.2, -0.15) is 0 Å². The van der Waals surface area contributed by atoms with Crippen molar-refractivity contribution in [1.82, 2.24) is 5.43 Å². The van der Waals surface area contributed by atoms with Gasteiger partial charge in [0.05, 0.1) is 0 Å². The maximum Gasteiger partial charge on any atom is 0.275 e. The van der Waals surface area contributed by atoms with E-state index in [1.54, 1.807) is 48.5 Å². The fourth-order valence-electron chi connectivity index (χ4n) is 1.92. The molecule has 0 saturated heterocycles. The zero-order chi connectivity index (χ0) is 14.8. The molecule has 0 unspecified atom stereocenters. The molecule has 4 nitrogen and oxygen atoms in total. The van der Waals surface area contributed by atoms with E-state index in [0.29, 0.717) is 21.2 Å². The van der Waals surface area contributed by atoms with Gasteiger partial charge in [0.1, 0.15) is 0 Å². The number of nitrogens with one attached hydrogen (secondary N) is 1. The average Bonchev–Trinajstić information content (AvgIpc) is 2.47. The molecule has 0 radical (unpaired) electrons. The fraction of sp³-hybridized carbons (Fsp3) is 0.0714. The van der Waals surface area contributed by atoms with E-state index in [-0.39, 0.29) is 0 Å². The van der Waals surface area contributed by atoms with Crippen molar-refractivity contribution in [2.75, 3.05) is 0 Å². The standard InChI is InChI=1S/C14H12Cl2N2O2/c15-11-5-1-9(2-6-11)14(20,13(19)18-17)10-3-7-12(16)8-4-10/h1-8,20H,17H2,(H,18,19). The Morgan fingerprint density at radius 3 is 1.60 bits per heavy atom. The van der Waals surface area contributed by atoms with Gasteiger partial charge >= 0.3 is 0 Å². The lowest BCUT2D eigenvalue weighted by Gasteiger charge is -2.27.